The minimum Gasteiger partial charge on any atom is -0.480 e. The van der Waals surface area contributed by atoms with Gasteiger partial charge in [-0.15, -0.1) is 11.3 Å². The average molecular weight is 344 g/mol. The van der Waals surface area contributed by atoms with Crippen LogP contribution in [0.5, 0.6) is 0 Å². The standard InChI is InChI=1S/C17H16N2O4S/c1-19(11-16(21)22)17(23)12-4-2-5-13(10-12)18-15(20)8-7-14-6-3-9-24-14/h2-10H,11H2,1H3,(H,18,20)(H,21,22)/b8-7+. The van der Waals surface area contributed by atoms with E-state index in [2.05, 4.69) is 5.32 Å². The second-order valence-electron chi connectivity index (χ2n) is 4.97. The molecule has 7 heteroatoms. The van der Waals surface area contributed by atoms with Gasteiger partial charge in [-0.2, -0.15) is 0 Å². The SMILES string of the molecule is CN(CC(=O)O)C(=O)c1cccc(NC(=O)/C=C/c2cccs2)c1. The third-order valence-electron chi connectivity index (χ3n) is 3.04. The summed E-state index contributed by atoms with van der Waals surface area (Å²) in [5.74, 6) is -1.83. The average Bonchev–Trinajstić information content (AvgIpc) is 3.05. The lowest BCUT2D eigenvalue weighted by Gasteiger charge is -2.15. The highest BCUT2D eigenvalue weighted by atomic mass is 32.1. The zero-order valence-electron chi connectivity index (χ0n) is 12.9. The van der Waals surface area contributed by atoms with Crippen molar-refractivity contribution in [2.75, 3.05) is 18.9 Å². The number of benzene rings is 1. The number of amides is 2. The molecule has 1 aromatic heterocycles. The minimum absolute atomic E-state index is 0.304. The van der Waals surface area contributed by atoms with Gasteiger partial charge >= 0.3 is 5.97 Å². The first kappa shape index (κ1) is 17.4. The molecule has 0 unspecified atom stereocenters. The van der Waals surface area contributed by atoms with Crippen molar-refractivity contribution in [2.24, 2.45) is 0 Å². The van der Waals surface area contributed by atoms with E-state index in [0.717, 1.165) is 9.78 Å². The molecule has 0 fully saturated rings. The molecule has 0 aliphatic heterocycles. The van der Waals surface area contributed by atoms with Crippen LogP contribution in [0, 0.1) is 0 Å². The van der Waals surface area contributed by atoms with Gasteiger partial charge in [-0.3, -0.25) is 14.4 Å². The Labute approximate surface area is 143 Å². The molecule has 0 aliphatic carbocycles. The number of carbonyl (C=O) groups is 3. The number of nitrogens with one attached hydrogen (secondary N) is 1. The molecule has 2 aromatic rings. The first-order valence-electron chi connectivity index (χ1n) is 7.05. The van der Waals surface area contributed by atoms with Gasteiger partial charge in [-0.05, 0) is 35.7 Å². The summed E-state index contributed by atoms with van der Waals surface area (Å²) in [4.78, 5) is 36.8. The quantitative estimate of drug-likeness (QED) is 0.789. The van der Waals surface area contributed by atoms with Crippen LogP contribution in [0.4, 0.5) is 5.69 Å². The van der Waals surface area contributed by atoms with E-state index in [4.69, 9.17) is 5.11 Å². The van der Waals surface area contributed by atoms with Gasteiger partial charge in [0.1, 0.15) is 6.54 Å². The predicted molar refractivity (Wildman–Crippen MR) is 93.0 cm³/mol. The Morgan fingerprint density at radius 2 is 2.04 bits per heavy atom. The Morgan fingerprint density at radius 1 is 1.25 bits per heavy atom. The zero-order valence-corrected chi connectivity index (χ0v) is 13.7. The van der Waals surface area contributed by atoms with Crippen LogP contribution in [-0.2, 0) is 9.59 Å². The molecule has 1 heterocycles. The van der Waals surface area contributed by atoms with Crippen molar-refractivity contribution in [1.82, 2.24) is 4.90 Å². The minimum atomic E-state index is -1.09. The zero-order chi connectivity index (χ0) is 17.5. The highest BCUT2D eigenvalue weighted by Gasteiger charge is 2.14. The van der Waals surface area contributed by atoms with Gasteiger partial charge in [0.25, 0.3) is 5.91 Å². The maximum Gasteiger partial charge on any atom is 0.323 e. The van der Waals surface area contributed by atoms with Crippen molar-refractivity contribution >= 4 is 40.9 Å². The van der Waals surface area contributed by atoms with Gasteiger partial charge in [0.2, 0.25) is 5.91 Å². The van der Waals surface area contributed by atoms with Gasteiger partial charge in [-0.25, -0.2) is 0 Å². The molecule has 0 spiro atoms. The number of anilines is 1. The second-order valence-corrected chi connectivity index (χ2v) is 5.95. The van der Waals surface area contributed by atoms with Gasteiger partial charge in [0, 0.05) is 29.3 Å². The number of aliphatic carboxylic acids is 1. The molecule has 24 heavy (non-hydrogen) atoms. The van der Waals surface area contributed by atoms with E-state index < -0.39 is 11.9 Å². The summed E-state index contributed by atoms with van der Waals surface area (Å²) in [6.07, 6.45) is 3.12. The number of hydrogen-bond donors (Lipinski definition) is 2. The van der Waals surface area contributed by atoms with E-state index in [1.165, 1.54) is 30.5 Å². The van der Waals surface area contributed by atoms with Crippen LogP contribution in [0.2, 0.25) is 0 Å². The topological polar surface area (TPSA) is 86.7 Å². The molecule has 0 radical (unpaired) electrons. The fourth-order valence-electron chi connectivity index (χ4n) is 1.95. The summed E-state index contributed by atoms with van der Waals surface area (Å²) in [7, 11) is 1.41. The monoisotopic (exact) mass is 344 g/mol. The lowest BCUT2D eigenvalue weighted by Crippen LogP contribution is -2.31. The van der Waals surface area contributed by atoms with Crippen molar-refractivity contribution in [1.29, 1.82) is 0 Å². The molecular weight excluding hydrogens is 328 g/mol. The predicted octanol–water partition coefficient (Wildman–Crippen LogP) is 2.56. The number of nitrogens with zero attached hydrogens (tertiary/aromatic N) is 1. The first-order valence-corrected chi connectivity index (χ1v) is 7.93. The fourth-order valence-corrected chi connectivity index (χ4v) is 2.57. The first-order chi connectivity index (χ1) is 11.5. The van der Waals surface area contributed by atoms with Gasteiger partial charge < -0.3 is 15.3 Å². The number of carboxylic acid groups (broad SMARTS) is 1. The Bertz CT molecular complexity index is 769. The summed E-state index contributed by atoms with van der Waals surface area (Å²) in [5, 5.41) is 13.3. The van der Waals surface area contributed by atoms with E-state index in [1.54, 1.807) is 24.3 Å². The lowest BCUT2D eigenvalue weighted by atomic mass is 10.1. The molecular formula is C17H16N2O4S. The fraction of sp³-hybridized carbons (Fsp3) is 0.118. The number of thiophene rings is 1. The summed E-state index contributed by atoms with van der Waals surface area (Å²) >= 11 is 1.52. The Balaban J connectivity index is 2.03. The van der Waals surface area contributed by atoms with Crippen LogP contribution >= 0.6 is 11.3 Å². The normalized spacial score (nSPS) is 10.5. The summed E-state index contributed by atoms with van der Waals surface area (Å²) < 4.78 is 0. The Hall–Kier alpha value is -2.93. The third-order valence-corrected chi connectivity index (χ3v) is 3.88. The van der Waals surface area contributed by atoms with Gasteiger partial charge in [0.05, 0.1) is 0 Å². The molecule has 2 rings (SSSR count). The highest BCUT2D eigenvalue weighted by molar-refractivity contribution is 7.10. The van der Waals surface area contributed by atoms with Crippen molar-refractivity contribution in [3.8, 4) is 0 Å². The third kappa shape index (κ3) is 5.06. The number of rotatable bonds is 6. The van der Waals surface area contributed by atoms with E-state index >= 15 is 0 Å². The number of carboxylic acids is 1. The molecule has 0 saturated carbocycles. The molecule has 0 bridgehead atoms. The molecule has 0 aliphatic rings. The Morgan fingerprint density at radius 3 is 2.71 bits per heavy atom. The molecule has 0 saturated heterocycles. The summed E-state index contributed by atoms with van der Waals surface area (Å²) in [6.45, 7) is -0.390. The van der Waals surface area contributed by atoms with Crippen LogP contribution in [-0.4, -0.2) is 41.4 Å². The van der Waals surface area contributed by atoms with E-state index in [9.17, 15) is 14.4 Å². The van der Waals surface area contributed by atoms with Gasteiger partial charge in [0.15, 0.2) is 0 Å². The van der Waals surface area contributed by atoms with E-state index in [-0.39, 0.29) is 12.5 Å². The highest BCUT2D eigenvalue weighted by Crippen LogP contribution is 2.14. The van der Waals surface area contributed by atoms with Crippen molar-refractivity contribution < 1.29 is 19.5 Å². The molecule has 0 atom stereocenters. The van der Waals surface area contributed by atoms with Crippen LogP contribution in [0.3, 0.4) is 0 Å². The smallest absolute Gasteiger partial charge is 0.323 e. The summed E-state index contributed by atoms with van der Waals surface area (Å²) in [6, 6.07) is 10.2. The number of hydrogen-bond acceptors (Lipinski definition) is 4. The Kier molecular flexibility index (Phi) is 5.86. The van der Waals surface area contributed by atoms with Crippen LogP contribution in [0.15, 0.2) is 47.9 Å². The molecule has 1 aromatic carbocycles. The number of carbonyl (C=O) groups excluding carboxylic acids is 2. The molecule has 6 nitrogen and oxygen atoms in total. The molecule has 2 N–H and O–H groups in total. The largest absolute Gasteiger partial charge is 0.480 e. The van der Waals surface area contributed by atoms with Crippen molar-refractivity contribution in [3.63, 3.8) is 0 Å². The van der Waals surface area contributed by atoms with E-state index in [0.29, 0.717) is 11.3 Å². The maximum atomic E-state index is 12.1. The second kappa shape index (κ2) is 8.07. The van der Waals surface area contributed by atoms with Crippen LogP contribution in [0.25, 0.3) is 6.08 Å². The maximum absolute atomic E-state index is 12.1. The van der Waals surface area contributed by atoms with Crippen LogP contribution in [0.1, 0.15) is 15.2 Å². The van der Waals surface area contributed by atoms with Crippen molar-refractivity contribution in [3.05, 3.63) is 58.3 Å². The molecule has 124 valence electrons. The van der Waals surface area contributed by atoms with Crippen molar-refractivity contribution in [2.45, 2.75) is 0 Å². The van der Waals surface area contributed by atoms with E-state index in [1.807, 2.05) is 17.5 Å². The van der Waals surface area contributed by atoms with Gasteiger partial charge in [-0.1, -0.05) is 12.1 Å². The number of likely N-dealkylation sites (N-methyl/N-ethyl adjacent to an activating group) is 1. The lowest BCUT2D eigenvalue weighted by molar-refractivity contribution is -0.137. The molecule has 2 amide bonds. The van der Waals surface area contributed by atoms with Crippen LogP contribution < -0.4 is 5.32 Å². The summed E-state index contributed by atoms with van der Waals surface area (Å²) in [5.41, 5.74) is 0.768.